The van der Waals surface area contributed by atoms with Gasteiger partial charge in [-0.05, 0) is 87.8 Å². The molecule has 1 saturated carbocycles. The topological polar surface area (TPSA) is 94.7 Å². The molecule has 1 unspecified atom stereocenters. The molecule has 1 aliphatic heterocycles. The highest BCUT2D eigenvalue weighted by molar-refractivity contribution is 7.17. The van der Waals surface area contributed by atoms with Crippen LogP contribution in [0.4, 0.5) is 0 Å². The molecule has 7 nitrogen and oxygen atoms in total. The maximum absolute atomic E-state index is 13.3. The number of carbonyl (C=O) groups is 2. The molecule has 0 spiro atoms. The number of nitrogens with zero attached hydrogens (tertiary/aromatic N) is 2. The minimum Gasteiger partial charge on any atom is -0.493 e. The molecule has 5 rings (SSSR count). The second-order valence-electron chi connectivity index (χ2n) is 9.86. The van der Waals surface area contributed by atoms with Crippen LogP contribution in [0, 0.1) is 12.8 Å². The lowest BCUT2D eigenvalue weighted by Gasteiger charge is -2.41. The number of nitrogens with two attached hydrogens (primary N) is 1. The molecule has 9 heteroatoms. The number of esters is 1. The van der Waals surface area contributed by atoms with Crippen molar-refractivity contribution in [3.8, 4) is 16.3 Å². The van der Waals surface area contributed by atoms with Gasteiger partial charge in [0, 0.05) is 22.9 Å². The number of amides is 1. The van der Waals surface area contributed by atoms with Crippen molar-refractivity contribution in [1.29, 1.82) is 0 Å². The Morgan fingerprint density at radius 3 is 2.69 bits per heavy atom. The van der Waals surface area contributed by atoms with Crippen LogP contribution >= 0.6 is 22.7 Å². The van der Waals surface area contributed by atoms with E-state index in [0.29, 0.717) is 35.9 Å². The van der Waals surface area contributed by atoms with E-state index in [-0.39, 0.29) is 6.04 Å². The van der Waals surface area contributed by atoms with Gasteiger partial charge in [-0.25, -0.2) is 9.78 Å². The highest BCUT2D eigenvalue weighted by atomic mass is 32.1. The lowest BCUT2D eigenvalue weighted by molar-refractivity contribution is -0.142. The summed E-state index contributed by atoms with van der Waals surface area (Å²) in [6, 6.07) is 10.5. The molecule has 0 saturated heterocycles. The summed E-state index contributed by atoms with van der Waals surface area (Å²) >= 11 is 3.03. The smallest absolute Gasteiger partial charge is 0.351 e. The van der Waals surface area contributed by atoms with Crippen molar-refractivity contribution in [3.05, 3.63) is 56.7 Å². The lowest BCUT2D eigenvalue weighted by Crippen LogP contribution is -2.51. The zero-order chi connectivity index (χ0) is 25.4. The molecule has 3 aromatic rings. The predicted molar refractivity (Wildman–Crippen MR) is 142 cm³/mol. The number of thiophene rings is 1. The number of hydrogen-bond donors (Lipinski definition) is 1. The van der Waals surface area contributed by atoms with Crippen molar-refractivity contribution in [2.24, 2.45) is 11.7 Å². The third-order valence-electron chi connectivity index (χ3n) is 7.33. The fourth-order valence-electron chi connectivity index (χ4n) is 5.44. The molecule has 36 heavy (non-hydrogen) atoms. The van der Waals surface area contributed by atoms with E-state index in [1.165, 1.54) is 16.2 Å². The number of carbonyl (C=O) groups excluding carboxylic acids is 2. The van der Waals surface area contributed by atoms with Gasteiger partial charge < -0.3 is 20.1 Å². The van der Waals surface area contributed by atoms with Crippen LogP contribution in [-0.4, -0.2) is 48.1 Å². The van der Waals surface area contributed by atoms with E-state index in [0.717, 1.165) is 41.1 Å². The van der Waals surface area contributed by atoms with Crippen LogP contribution in [0.2, 0.25) is 0 Å². The molecular weight excluding hydrogens is 494 g/mol. The van der Waals surface area contributed by atoms with E-state index in [2.05, 4.69) is 47.6 Å². The number of thiazole rings is 1. The van der Waals surface area contributed by atoms with Crippen molar-refractivity contribution >= 4 is 34.6 Å². The van der Waals surface area contributed by atoms with E-state index >= 15 is 0 Å². The second-order valence-corrected chi connectivity index (χ2v) is 11.8. The summed E-state index contributed by atoms with van der Waals surface area (Å²) in [7, 11) is 4.16. The van der Waals surface area contributed by atoms with Crippen LogP contribution in [0.15, 0.2) is 35.7 Å². The molecule has 1 aliphatic carbocycles. The number of benzene rings is 1. The third-order valence-corrected chi connectivity index (χ3v) is 9.46. The van der Waals surface area contributed by atoms with Gasteiger partial charge in [-0.2, -0.15) is 0 Å². The average molecular weight is 526 g/mol. The Morgan fingerprint density at radius 1 is 1.25 bits per heavy atom. The normalized spacial score (nSPS) is 22.2. The fourth-order valence-corrected chi connectivity index (χ4v) is 7.39. The van der Waals surface area contributed by atoms with Crippen LogP contribution < -0.4 is 10.5 Å². The van der Waals surface area contributed by atoms with Gasteiger partial charge in [0.2, 0.25) is 0 Å². The highest BCUT2D eigenvalue weighted by Gasteiger charge is 2.46. The van der Waals surface area contributed by atoms with Crippen molar-refractivity contribution in [2.75, 3.05) is 20.7 Å². The van der Waals surface area contributed by atoms with Gasteiger partial charge in [-0.3, -0.25) is 4.79 Å². The minimum atomic E-state index is -1.29. The van der Waals surface area contributed by atoms with Gasteiger partial charge in [0.1, 0.15) is 15.6 Å². The number of primary amides is 1. The largest absolute Gasteiger partial charge is 0.493 e. The Bertz CT molecular complexity index is 1260. The molecule has 1 fully saturated rings. The van der Waals surface area contributed by atoms with Crippen molar-refractivity contribution in [2.45, 2.75) is 50.7 Å². The van der Waals surface area contributed by atoms with Crippen LogP contribution in [0.25, 0.3) is 10.6 Å². The van der Waals surface area contributed by atoms with Gasteiger partial charge in [-0.1, -0.05) is 6.07 Å². The summed E-state index contributed by atoms with van der Waals surface area (Å²) in [5.41, 5.74) is 7.24. The highest BCUT2D eigenvalue weighted by Crippen LogP contribution is 2.44. The number of aryl methyl sites for hydroxylation is 1. The van der Waals surface area contributed by atoms with Gasteiger partial charge in [0.15, 0.2) is 5.60 Å². The van der Waals surface area contributed by atoms with Crippen LogP contribution in [-0.2, 0) is 16.0 Å². The molecule has 3 heterocycles. The van der Waals surface area contributed by atoms with Gasteiger partial charge in [-0.15, -0.1) is 22.7 Å². The summed E-state index contributed by atoms with van der Waals surface area (Å²) < 4.78 is 11.5. The molecule has 0 bridgehead atoms. The summed E-state index contributed by atoms with van der Waals surface area (Å²) in [5, 5.41) is 2.84. The predicted octanol–water partition coefficient (Wildman–Crippen LogP) is 4.99. The van der Waals surface area contributed by atoms with Crippen LogP contribution in [0.5, 0.6) is 5.75 Å². The molecule has 2 aliphatic rings. The van der Waals surface area contributed by atoms with E-state index < -0.39 is 17.5 Å². The van der Waals surface area contributed by atoms with Gasteiger partial charge >= 0.3 is 5.97 Å². The molecule has 2 N–H and O–H groups in total. The molecule has 1 aromatic carbocycles. The summed E-state index contributed by atoms with van der Waals surface area (Å²) in [5.74, 6) is 0.153. The van der Waals surface area contributed by atoms with Gasteiger partial charge in [0.25, 0.3) is 5.91 Å². The summed E-state index contributed by atoms with van der Waals surface area (Å²) in [6.45, 7) is 2.48. The molecular formula is C27H31N3O4S2. The van der Waals surface area contributed by atoms with E-state index in [9.17, 15) is 9.59 Å². The molecule has 1 atom stereocenters. The molecule has 1 amide bonds. The number of ether oxygens (including phenoxy) is 2. The quantitative estimate of drug-likeness (QED) is 0.437. The Balaban J connectivity index is 1.32. The van der Waals surface area contributed by atoms with E-state index in [4.69, 9.17) is 15.2 Å². The number of aromatic nitrogens is 1. The Morgan fingerprint density at radius 2 is 2.03 bits per heavy atom. The van der Waals surface area contributed by atoms with E-state index in [1.807, 2.05) is 12.1 Å². The van der Waals surface area contributed by atoms with E-state index in [1.54, 1.807) is 18.3 Å². The van der Waals surface area contributed by atoms with Crippen molar-refractivity contribution in [3.63, 3.8) is 0 Å². The lowest BCUT2D eigenvalue weighted by atomic mass is 9.74. The number of hydrogen-bond acceptors (Lipinski definition) is 8. The monoisotopic (exact) mass is 525 g/mol. The first kappa shape index (κ1) is 24.9. The van der Waals surface area contributed by atoms with Crippen LogP contribution in [0.3, 0.4) is 0 Å². The van der Waals surface area contributed by atoms with Crippen LogP contribution in [0.1, 0.15) is 57.5 Å². The number of fused-ring (bicyclic) bond motifs is 1. The maximum atomic E-state index is 13.3. The Hall–Kier alpha value is -2.75. The Labute approximate surface area is 219 Å². The first-order valence-corrected chi connectivity index (χ1v) is 13.9. The number of rotatable bonds is 7. The molecule has 0 radical (unpaired) electrons. The van der Waals surface area contributed by atoms with Crippen molar-refractivity contribution < 1.29 is 19.1 Å². The third kappa shape index (κ3) is 4.67. The maximum Gasteiger partial charge on any atom is 0.351 e. The zero-order valence-corrected chi connectivity index (χ0v) is 22.4. The minimum absolute atomic E-state index is 0.260. The molecule has 2 aromatic heterocycles. The summed E-state index contributed by atoms with van der Waals surface area (Å²) in [6.07, 6.45) is 3.21. The first-order valence-electron chi connectivity index (χ1n) is 12.2. The average Bonchev–Trinajstić information content (AvgIpc) is 3.60. The molecule has 190 valence electrons. The zero-order valence-electron chi connectivity index (χ0n) is 20.8. The van der Waals surface area contributed by atoms with Crippen molar-refractivity contribution in [1.82, 2.24) is 9.88 Å². The fraction of sp³-hybridized carbons (Fsp3) is 0.444. The van der Waals surface area contributed by atoms with Gasteiger partial charge in [0.05, 0.1) is 12.3 Å². The standard InChI is InChI=1S/C27H31N3O4S2/c1-16-23(36-24(29-16)19-6-7-20-18(15-19)10-13-33-20)25(31)34-27(26(28)32)11-8-17(9-12-27)22(30(2)3)21-5-4-14-35-21/h4-7,14-15,17,22H,8-13H2,1-3H3,(H2,28,32). The second kappa shape index (κ2) is 9.95. The first-order chi connectivity index (χ1) is 17.3. The SMILES string of the molecule is Cc1nc(-c2ccc3c(c2)CCO3)sc1C(=O)OC1(C(N)=O)CCC(C(c2cccs2)N(C)C)CC1. The summed E-state index contributed by atoms with van der Waals surface area (Å²) in [4.78, 5) is 34.5. The Kier molecular flexibility index (Phi) is 6.89.